The van der Waals surface area contributed by atoms with E-state index >= 15 is 0 Å². The summed E-state index contributed by atoms with van der Waals surface area (Å²) in [5, 5.41) is 0. The van der Waals surface area contributed by atoms with E-state index in [0.29, 0.717) is 38.7 Å². The third-order valence-electron chi connectivity index (χ3n) is 5.78. The molecule has 6 heteroatoms. The predicted molar refractivity (Wildman–Crippen MR) is 119 cm³/mol. The number of methoxy groups -OCH3 is 1. The van der Waals surface area contributed by atoms with Gasteiger partial charge in [-0.1, -0.05) is 24.8 Å². The SMILES string of the molecule is CCc1c(OCC2COCCO2)cc(=O)n2c1-c1ccc(C#CC(C)OC)cc1CC2. The van der Waals surface area contributed by atoms with Gasteiger partial charge in [0, 0.05) is 36.4 Å². The zero-order valence-corrected chi connectivity index (χ0v) is 18.4. The van der Waals surface area contributed by atoms with Crippen molar-refractivity contribution in [3.8, 4) is 28.8 Å². The van der Waals surface area contributed by atoms with Crippen LogP contribution in [0.4, 0.5) is 0 Å². The number of benzene rings is 1. The van der Waals surface area contributed by atoms with E-state index in [4.69, 9.17) is 18.9 Å². The molecule has 1 saturated heterocycles. The Morgan fingerprint density at radius 2 is 2.16 bits per heavy atom. The Bertz CT molecular complexity index is 1060. The maximum Gasteiger partial charge on any atom is 0.254 e. The highest BCUT2D eigenvalue weighted by atomic mass is 16.6. The summed E-state index contributed by atoms with van der Waals surface area (Å²) in [6.07, 6.45) is 1.34. The van der Waals surface area contributed by atoms with Gasteiger partial charge in [-0.05, 0) is 37.5 Å². The quantitative estimate of drug-likeness (QED) is 0.693. The largest absolute Gasteiger partial charge is 0.490 e. The molecule has 6 nitrogen and oxygen atoms in total. The lowest BCUT2D eigenvalue weighted by molar-refractivity contribution is -0.101. The topological polar surface area (TPSA) is 58.9 Å². The zero-order chi connectivity index (χ0) is 21.8. The predicted octanol–water partition coefficient (Wildman–Crippen LogP) is 2.81. The second kappa shape index (κ2) is 9.69. The van der Waals surface area contributed by atoms with Crippen molar-refractivity contribution >= 4 is 0 Å². The molecular weight excluding hydrogens is 394 g/mol. The minimum Gasteiger partial charge on any atom is -0.490 e. The number of aromatic nitrogens is 1. The highest BCUT2D eigenvalue weighted by Crippen LogP contribution is 2.35. The van der Waals surface area contributed by atoms with Gasteiger partial charge in [0.15, 0.2) is 0 Å². The summed E-state index contributed by atoms with van der Waals surface area (Å²) in [6, 6.07) is 7.82. The monoisotopic (exact) mass is 423 g/mol. The molecule has 0 radical (unpaired) electrons. The number of fused-ring (bicyclic) bond motifs is 3. The number of hydrogen-bond donors (Lipinski definition) is 0. The molecule has 2 aromatic rings. The van der Waals surface area contributed by atoms with Gasteiger partial charge >= 0.3 is 0 Å². The second-order valence-electron chi connectivity index (χ2n) is 7.83. The number of rotatable bonds is 5. The highest BCUT2D eigenvalue weighted by Gasteiger charge is 2.24. The van der Waals surface area contributed by atoms with Crippen LogP contribution in [0.3, 0.4) is 0 Å². The number of pyridine rings is 1. The number of hydrogen-bond acceptors (Lipinski definition) is 5. The van der Waals surface area contributed by atoms with Crippen LogP contribution < -0.4 is 10.3 Å². The van der Waals surface area contributed by atoms with E-state index in [9.17, 15) is 4.79 Å². The van der Waals surface area contributed by atoms with Crippen LogP contribution in [0.2, 0.25) is 0 Å². The lowest BCUT2D eigenvalue weighted by atomic mass is 9.91. The van der Waals surface area contributed by atoms with Crippen LogP contribution in [-0.2, 0) is 33.6 Å². The molecule has 1 aromatic heterocycles. The smallest absolute Gasteiger partial charge is 0.254 e. The van der Waals surface area contributed by atoms with Gasteiger partial charge in [0.2, 0.25) is 0 Å². The van der Waals surface area contributed by atoms with Crippen LogP contribution in [0.25, 0.3) is 11.3 Å². The van der Waals surface area contributed by atoms with Crippen molar-refractivity contribution in [3.63, 3.8) is 0 Å². The first-order valence-electron chi connectivity index (χ1n) is 10.9. The molecule has 0 bridgehead atoms. The van der Waals surface area contributed by atoms with Gasteiger partial charge in [0.05, 0.1) is 25.5 Å². The summed E-state index contributed by atoms with van der Waals surface area (Å²) in [5.74, 6) is 6.91. The van der Waals surface area contributed by atoms with Gasteiger partial charge in [-0.2, -0.15) is 0 Å². The van der Waals surface area contributed by atoms with Crippen molar-refractivity contribution in [2.45, 2.75) is 45.4 Å². The molecule has 1 fully saturated rings. The Labute approximate surface area is 183 Å². The Balaban J connectivity index is 1.68. The van der Waals surface area contributed by atoms with Crippen LogP contribution in [0, 0.1) is 11.8 Å². The molecule has 2 atom stereocenters. The molecule has 0 saturated carbocycles. The Morgan fingerprint density at radius 3 is 2.90 bits per heavy atom. The molecule has 4 rings (SSSR count). The van der Waals surface area contributed by atoms with Gasteiger partial charge < -0.3 is 23.5 Å². The van der Waals surface area contributed by atoms with Gasteiger partial charge in [0.1, 0.15) is 24.6 Å². The van der Waals surface area contributed by atoms with E-state index in [1.165, 1.54) is 5.56 Å². The van der Waals surface area contributed by atoms with Crippen LogP contribution in [0.5, 0.6) is 5.75 Å². The van der Waals surface area contributed by atoms with Crippen LogP contribution in [0.15, 0.2) is 29.1 Å². The fourth-order valence-corrected chi connectivity index (χ4v) is 4.07. The minimum atomic E-state index is -0.111. The van der Waals surface area contributed by atoms with Crippen LogP contribution in [0.1, 0.15) is 30.5 Å². The average molecular weight is 424 g/mol. The Kier molecular flexibility index (Phi) is 6.77. The molecule has 2 aliphatic heterocycles. The van der Waals surface area contributed by atoms with E-state index in [0.717, 1.165) is 35.2 Å². The van der Waals surface area contributed by atoms with E-state index in [1.54, 1.807) is 13.2 Å². The maximum absolute atomic E-state index is 12.9. The lowest BCUT2D eigenvalue weighted by Gasteiger charge is -2.27. The van der Waals surface area contributed by atoms with Gasteiger partial charge in [-0.25, -0.2) is 0 Å². The van der Waals surface area contributed by atoms with Crippen molar-refractivity contribution in [2.75, 3.05) is 33.5 Å². The summed E-state index contributed by atoms with van der Waals surface area (Å²) < 4.78 is 24.3. The molecule has 0 spiro atoms. The number of aryl methyl sites for hydroxylation is 1. The number of nitrogens with zero attached hydrogens (tertiary/aromatic N) is 1. The highest BCUT2D eigenvalue weighted by molar-refractivity contribution is 5.72. The standard InChI is InChI=1S/C25H29NO5/c1-4-21-23(31-16-20-15-29-11-12-30-20)14-24(27)26-10-9-19-13-18(6-5-17(2)28-3)7-8-22(19)25(21)26/h7-8,13-14,17,20H,4,9-12,15-16H2,1-3H3. The third kappa shape index (κ3) is 4.69. The summed E-state index contributed by atoms with van der Waals surface area (Å²) in [4.78, 5) is 12.9. The van der Waals surface area contributed by atoms with Gasteiger partial charge in [-0.15, -0.1) is 0 Å². The van der Waals surface area contributed by atoms with Crippen LogP contribution in [-0.4, -0.2) is 50.3 Å². The lowest BCUT2D eigenvalue weighted by Crippen LogP contribution is -2.34. The summed E-state index contributed by atoms with van der Waals surface area (Å²) >= 11 is 0. The first kappa shape index (κ1) is 21.6. The van der Waals surface area contributed by atoms with E-state index in [2.05, 4.69) is 30.9 Å². The molecule has 0 aliphatic carbocycles. The molecule has 3 heterocycles. The summed E-state index contributed by atoms with van der Waals surface area (Å²) in [7, 11) is 1.65. The molecule has 2 unspecified atom stereocenters. The second-order valence-corrected chi connectivity index (χ2v) is 7.83. The van der Waals surface area contributed by atoms with Crippen molar-refractivity contribution in [1.29, 1.82) is 0 Å². The van der Waals surface area contributed by atoms with Gasteiger partial charge in [0.25, 0.3) is 5.56 Å². The van der Waals surface area contributed by atoms with Crippen molar-refractivity contribution in [3.05, 3.63) is 51.3 Å². The van der Waals surface area contributed by atoms with E-state index in [1.807, 2.05) is 17.6 Å². The molecular formula is C25H29NO5. The fraction of sp³-hybridized carbons (Fsp3) is 0.480. The van der Waals surface area contributed by atoms with Gasteiger partial charge in [-0.3, -0.25) is 4.79 Å². The first-order chi connectivity index (χ1) is 15.1. The molecule has 1 aromatic carbocycles. The molecule has 0 N–H and O–H groups in total. The molecule has 0 amide bonds. The third-order valence-corrected chi connectivity index (χ3v) is 5.78. The zero-order valence-electron chi connectivity index (χ0n) is 18.4. The molecule has 164 valence electrons. The number of ether oxygens (including phenoxy) is 4. The van der Waals surface area contributed by atoms with Crippen molar-refractivity contribution < 1.29 is 18.9 Å². The molecule has 31 heavy (non-hydrogen) atoms. The fourth-order valence-electron chi connectivity index (χ4n) is 4.07. The van der Waals surface area contributed by atoms with E-state index in [-0.39, 0.29) is 17.8 Å². The minimum absolute atomic E-state index is 0.0357. The first-order valence-corrected chi connectivity index (χ1v) is 10.9. The average Bonchev–Trinajstić information content (AvgIpc) is 2.81. The normalized spacial score (nSPS) is 18.4. The maximum atomic E-state index is 12.9. The summed E-state index contributed by atoms with van der Waals surface area (Å²) in [5.41, 5.74) is 5.20. The Hall–Kier alpha value is -2.59. The van der Waals surface area contributed by atoms with Crippen molar-refractivity contribution in [1.82, 2.24) is 4.57 Å². The summed E-state index contributed by atoms with van der Waals surface area (Å²) in [6.45, 7) is 6.74. The van der Waals surface area contributed by atoms with E-state index < -0.39 is 0 Å². The van der Waals surface area contributed by atoms with Crippen molar-refractivity contribution in [2.24, 2.45) is 0 Å². The Morgan fingerprint density at radius 1 is 1.29 bits per heavy atom. The van der Waals surface area contributed by atoms with Crippen LogP contribution >= 0.6 is 0 Å². The molecule has 2 aliphatic rings.